The van der Waals surface area contributed by atoms with E-state index in [9.17, 15) is 4.39 Å². The van der Waals surface area contributed by atoms with Crippen molar-refractivity contribution in [2.24, 2.45) is 11.8 Å². The quantitative estimate of drug-likeness (QED) is 0.388. The first-order valence-corrected chi connectivity index (χ1v) is 15.2. The number of nitrogens with zero attached hydrogens (tertiary/aromatic N) is 5. The SMILES string of the molecule is CC1CCc2cccc(-c3ncc4c(N5CC6CCC(C6)C5)nc(OC[C@@]56CCCN5C[C@H](F)C6)nc4c3F)c21. The van der Waals surface area contributed by atoms with Crippen molar-refractivity contribution in [1.29, 1.82) is 0 Å². The molecule has 5 heterocycles. The molecule has 0 N–H and O–H groups in total. The van der Waals surface area contributed by atoms with E-state index < -0.39 is 12.0 Å². The number of anilines is 1. The average Bonchev–Trinajstić information content (AvgIpc) is 3.70. The van der Waals surface area contributed by atoms with Gasteiger partial charge in [-0.2, -0.15) is 9.97 Å². The zero-order chi connectivity index (χ0) is 27.0. The van der Waals surface area contributed by atoms with Gasteiger partial charge in [0.25, 0.3) is 0 Å². The minimum absolute atomic E-state index is 0.187. The molecule has 1 saturated carbocycles. The Bertz CT molecular complexity index is 1470. The number of ether oxygens (including phenoxy) is 1. The second-order valence-corrected chi connectivity index (χ2v) is 13.1. The number of halogens is 2. The monoisotopic (exact) mass is 545 g/mol. The molecule has 5 aliphatic rings. The van der Waals surface area contributed by atoms with Crippen LogP contribution in [-0.4, -0.2) is 64.3 Å². The van der Waals surface area contributed by atoms with Gasteiger partial charge in [-0.1, -0.05) is 25.1 Å². The van der Waals surface area contributed by atoms with Crippen LogP contribution in [0.2, 0.25) is 0 Å². The zero-order valence-corrected chi connectivity index (χ0v) is 23.2. The fourth-order valence-corrected chi connectivity index (χ4v) is 8.68. The van der Waals surface area contributed by atoms with Crippen molar-refractivity contribution in [3.05, 3.63) is 41.3 Å². The van der Waals surface area contributed by atoms with Crippen LogP contribution in [0.25, 0.3) is 22.2 Å². The molecule has 5 atom stereocenters. The van der Waals surface area contributed by atoms with E-state index in [2.05, 4.69) is 27.8 Å². The molecule has 8 rings (SSSR count). The molecule has 40 heavy (non-hydrogen) atoms. The molecule has 3 aliphatic heterocycles. The average molecular weight is 546 g/mol. The minimum atomic E-state index is -0.832. The normalized spacial score (nSPS) is 31.2. The first kappa shape index (κ1) is 24.9. The van der Waals surface area contributed by atoms with Crippen LogP contribution in [0.1, 0.15) is 68.9 Å². The molecule has 0 spiro atoms. The van der Waals surface area contributed by atoms with Crippen molar-refractivity contribution in [2.75, 3.05) is 37.7 Å². The lowest BCUT2D eigenvalue weighted by molar-refractivity contribution is 0.107. The Morgan fingerprint density at radius 1 is 1.10 bits per heavy atom. The highest BCUT2D eigenvalue weighted by Crippen LogP contribution is 2.44. The molecular weight excluding hydrogens is 508 g/mol. The van der Waals surface area contributed by atoms with Crippen LogP contribution >= 0.6 is 0 Å². The molecule has 2 aromatic heterocycles. The lowest BCUT2D eigenvalue weighted by atomic mass is 9.94. The Hall–Kier alpha value is -2.87. The lowest BCUT2D eigenvalue weighted by Crippen LogP contribution is -2.43. The highest BCUT2D eigenvalue weighted by Gasteiger charge is 2.49. The maximum Gasteiger partial charge on any atom is 0.319 e. The molecule has 2 aliphatic carbocycles. The number of piperidine rings is 1. The van der Waals surface area contributed by atoms with Crippen molar-refractivity contribution >= 4 is 16.7 Å². The summed E-state index contributed by atoms with van der Waals surface area (Å²) in [5.74, 6) is 1.96. The number of alkyl halides is 1. The van der Waals surface area contributed by atoms with Gasteiger partial charge in [0.05, 0.1) is 10.9 Å². The fraction of sp³-hybridized carbons (Fsp3) is 0.594. The Morgan fingerprint density at radius 3 is 2.80 bits per heavy atom. The predicted octanol–water partition coefficient (Wildman–Crippen LogP) is 6.07. The number of aryl methyl sites for hydroxylation is 1. The molecule has 3 aromatic rings. The molecule has 0 radical (unpaired) electrons. The van der Waals surface area contributed by atoms with E-state index in [0.717, 1.165) is 56.7 Å². The Balaban J connectivity index is 1.22. The van der Waals surface area contributed by atoms with Crippen LogP contribution in [0.4, 0.5) is 14.6 Å². The van der Waals surface area contributed by atoms with Gasteiger partial charge in [-0.05, 0) is 80.4 Å². The van der Waals surface area contributed by atoms with Gasteiger partial charge in [-0.25, -0.2) is 8.78 Å². The second-order valence-electron chi connectivity index (χ2n) is 13.1. The highest BCUT2D eigenvalue weighted by molar-refractivity contribution is 5.92. The summed E-state index contributed by atoms with van der Waals surface area (Å²) in [5.41, 5.74) is 3.65. The van der Waals surface area contributed by atoms with Gasteiger partial charge < -0.3 is 9.64 Å². The summed E-state index contributed by atoms with van der Waals surface area (Å²) in [6.45, 7) is 5.72. The van der Waals surface area contributed by atoms with Crippen LogP contribution in [0, 0.1) is 17.7 Å². The number of rotatable bonds is 5. The molecule has 3 unspecified atom stereocenters. The zero-order valence-electron chi connectivity index (χ0n) is 23.2. The smallest absolute Gasteiger partial charge is 0.319 e. The van der Waals surface area contributed by atoms with Gasteiger partial charge in [-0.3, -0.25) is 9.88 Å². The Kier molecular flexibility index (Phi) is 5.81. The minimum Gasteiger partial charge on any atom is -0.461 e. The first-order valence-electron chi connectivity index (χ1n) is 15.2. The molecule has 6 nitrogen and oxygen atoms in total. The Morgan fingerprint density at radius 2 is 1.95 bits per heavy atom. The van der Waals surface area contributed by atoms with Crippen LogP contribution in [0.3, 0.4) is 0 Å². The summed E-state index contributed by atoms with van der Waals surface area (Å²) < 4.78 is 37.3. The first-order chi connectivity index (χ1) is 19.5. The predicted molar refractivity (Wildman–Crippen MR) is 151 cm³/mol. The molecule has 2 bridgehead atoms. The maximum absolute atomic E-state index is 16.6. The van der Waals surface area contributed by atoms with E-state index >= 15 is 4.39 Å². The summed E-state index contributed by atoms with van der Waals surface area (Å²) in [5, 5.41) is 0.640. The van der Waals surface area contributed by atoms with Crippen molar-refractivity contribution in [3.8, 4) is 17.3 Å². The van der Waals surface area contributed by atoms with Gasteiger partial charge in [0.1, 0.15) is 29.8 Å². The van der Waals surface area contributed by atoms with E-state index in [1.54, 1.807) is 6.20 Å². The Labute approximate surface area is 234 Å². The van der Waals surface area contributed by atoms with Gasteiger partial charge in [0.2, 0.25) is 0 Å². The van der Waals surface area contributed by atoms with Crippen LogP contribution in [0.5, 0.6) is 6.01 Å². The van der Waals surface area contributed by atoms with Crippen molar-refractivity contribution < 1.29 is 13.5 Å². The van der Waals surface area contributed by atoms with Crippen molar-refractivity contribution in [1.82, 2.24) is 19.9 Å². The van der Waals surface area contributed by atoms with Gasteiger partial charge in [0, 0.05) is 37.8 Å². The van der Waals surface area contributed by atoms with E-state index in [0.29, 0.717) is 48.4 Å². The molecular formula is C32H37F2N5O. The summed E-state index contributed by atoms with van der Waals surface area (Å²) in [6.07, 6.45) is 9.19. The van der Waals surface area contributed by atoms with Gasteiger partial charge in [0.15, 0.2) is 5.82 Å². The molecule has 0 amide bonds. The number of aromatic nitrogens is 3. The van der Waals surface area contributed by atoms with Gasteiger partial charge >= 0.3 is 6.01 Å². The van der Waals surface area contributed by atoms with Gasteiger partial charge in [-0.15, -0.1) is 0 Å². The lowest BCUT2D eigenvalue weighted by Gasteiger charge is -2.34. The highest BCUT2D eigenvalue weighted by atomic mass is 19.1. The number of benzene rings is 1. The van der Waals surface area contributed by atoms with Crippen LogP contribution in [-0.2, 0) is 6.42 Å². The van der Waals surface area contributed by atoms with Crippen molar-refractivity contribution in [2.45, 2.75) is 75.9 Å². The molecule has 8 heteroatoms. The number of hydrogen-bond acceptors (Lipinski definition) is 6. The van der Waals surface area contributed by atoms with Crippen LogP contribution < -0.4 is 9.64 Å². The number of pyridine rings is 1. The summed E-state index contributed by atoms with van der Waals surface area (Å²) in [6, 6.07) is 6.33. The summed E-state index contributed by atoms with van der Waals surface area (Å²) in [7, 11) is 0. The molecule has 3 saturated heterocycles. The summed E-state index contributed by atoms with van der Waals surface area (Å²) >= 11 is 0. The standard InChI is InChI=1S/C32H37F2N5O/c1-19-6-9-22-4-2-5-24(26(19)22)28-27(34)29-25(14-35-28)30(38-15-20-7-8-21(12-20)16-38)37-31(36-29)40-18-32-10-3-11-39(32)17-23(33)13-32/h2,4-5,14,19-21,23H,3,6-13,15-18H2,1H3/t19?,20?,21?,23-,32+/m1/s1. The molecule has 210 valence electrons. The topological polar surface area (TPSA) is 54.4 Å². The van der Waals surface area contributed by atoms with E-state index in [4.69, 9.17) is 14.7 Å². The van der Waals surface area contributed by atoms with E-state index in [1.807, 2.05) is 12.1 Å². The molecule has 1 aromatic carbocycles. The van der Waals surface area contributed by atoms with Crippen LogP contribution in [0.15, 0.2) is 24.4 Å². The third kappa shape index (κ3) is 3.92. The maximum atomic E-state index is 16.6. The number of fused-ring (bicyclic) bond motifs is 5. The number of hydrogen-bond donors (Lipinski definition) is 0. The largest absolute Gasteiger partial charge is 0.461 e. The van der Waals surface area contributed by atoms with E-state index in [-0.39, 0.29) is 17.1 Å². The summed E-state index contributed by atoms with van der Waals surface area (Å²) in [4.78, 5) is 18.8. The fourth-order valence-electron chi connectivity index (χ4n) is 8.68. The second kappa shape index (κ2) is 9.33. The molecule has 4 fully saturated rings. The third-order valence-corrected chi connectivity index (χ3v) is 10.6. The van der Waals surface area contributed by atoms with Crippen molar-refractivity contribution in [3.63, 3.8) is 0 Å². The van der Waals surface area contributed by atoms with E-state index in [1.165, 1.54) is 30.4 Å². The third-order valence-electron chi connectivity index (χ3n) is 10.6.